The van der Waals surface area contributed by atoms with Crippen LogP contribution in [0.4, 0.5) is 5.69 Å². The van der Waals surface area contributed by atoms with Crippen LogP contribution in [-0.2, 0) is 6.42 Å². The van der Waals surface area contributed by atoms with Gasteiger partial charge < -0.3 is 10.6 Å². The number of nitrogens with zero attached hydrogens (tertiary/aromatic N) is 1. The van der Waals surface area contributed by atoms with Gasteiger partial charge in [-0.2, -0.15) is 0 Å². The Balaban J connectivity index is 2.43. The second-order valence-corrected chi connectivity index (χ2v) is 4.31. The lowest BCUT2D eigenvalue weighted by molar-refractivity contribution is 0.568. The van der Waals surface area contributed by atoms with Crippen molar-refractivity contribution >= 4 is 23.0 Å². The van der Waals surface area contributed by atoms with Gasteiger partial charge in [0, 0.05) is 12.2 Å². The zero-order valence-electron chi connectivity index (χ0n) is 8.23. The number of fused-ring (bicyclic) bond motifs is 1. The van der Waals surface area contributed by atoms with Crippen LogP contribution in [0.5, 0.6) is 0 Å². The molecular formula is C11H14N2S. The minimum Gasteiger partial charge on any atom is -0.376 e. The third-order valence-electron chi connectivity index (χ3n) is 2.61. The molecule has 0 fully saturated rings. The van der Waals surface area contributed by atoms with E-state index in [1.54, 1.807) is 0 Å². The second kappa shape index (κ2) is 3.58. The number of hydrogen-bond donors (Lipinski definition) is 1. The topological polar surface area (TPSA) is 29.3 Å². The molecule has 2 nitrogen and oxygen atoms in total. The largest absolute Gasteiger partial charge is 0.376 e. The molecule has 0 amide bonds. The molecule has 0 aliphatic carbocycles. The fourth-order valence-electron chi connectivity index (χ4n) is 2.01. The monoisotopic (exact) mass is 206 g/mol. The lowest BCUT2D eigenvalue weighted by Crippen LogP contribution is -2.42. The smallest absolute Gasteiger partial charge is 0.170 e. The van der Waals surface area contributed by atoms with Crippen molar-refractivity contribution in [2.75, 3.05) is 11.4 Å². The molecule has 0 spiro atoms. The predicted molar refractivity (Wildman–Crippen MR) is 63.4 cm³/mol. The Kier molecular flexibility index (Phi) is 2.42. The van der Waals surface area contributed by atoms with Gasteiger partial charge in [0.2, 0.25) is 0 Å². The molecule has 1 aromatic rings. The highest BCUT2D eigenvalue weighted by Crippen LogP contribution is 2.28. The maximum absolute atomic E-state index is 5.70. The molecule has 74 valence electrons. The Bertz CT molecular complexity index is 362. The van der Waals surface area contributed by atoms with Crippen molar-refractivity contribution in [2.45, 2.75) is 13.3 Å². The summed E-state index contributed by atoms with van der Waals surface area (Å²) >= 11 is 5.05. The van der Waals surface area contributed by atoms with Crippen LogP contribution in [0.1, 0.15) is 12.5 Å². The zero-order valence-corrected chi connectivity index (χ0v) is 9.05. The van der Waals surface area contributed by atoms with Crippen molar-refractivity contribution in [3.63, 3.8) is 0 Å². The van der Waals surface area contributed by atoms with E-state index >= 15 is 0 Å². The number of anilines is 1. The minimum atomic E-state index is 0.476. The Morgan fingerprint density at radius 3 is 2.93 bits per heavy atom. The fraction of sp³-hybridized carbons (Fsp3) is 0.364. The highest BCUT2D eigenvalue weighted by Gasteiger charge is 2.22. The van der Waals surface area contributed by atoms with E-state index in [0.29, 0.717) is 11.0 Å². The Morgan fingerprint density at radius 1 is 1.50 bits per heavy atom. The molecule has 1 aliphatic heterocycles. The lowest BCUT2D eigenvalue weighted by Gasteiger charge is -2.33. The van der Waals surface area contributed by atoms with Gasteiger partial charge in [-0.05, 0) is 36.2 Å². The van der Waals surface area contributed by atoms with Gasteiger partial charge in [-0.25, -0.2) is 0 Å². The summed E-state index contributed by atoms with van der Waals surface area (Å²) < 4.78 is 0. The van der Waals surface area contributed by atoms with E-state index < -0.39 is 0 Å². The van der Waals surface area contributed by atoms with E-state index in [2.05, 4.69) is 25.1 Å². The van der Waals surface area contributed by atoms with Gasteiger partial charge in [0.15, 0.2) is 5.11 Å². The van der Waals surface area contributed by atoms with Gasteiger partial charge in [-0.15, -0.1) is 0 Å². The minimum absolute atomic E-state index is 0.476. The fourth-order valence-corrected chi connectivity index (χ4v) is 2.18. The van der Waals surface area contributed by atoms with Crippen LogP contribution in [0.3, 0.4) is 0 Å². The van der Waals surface area contributed by atoms with Crippen molar-refractivity contribution in [3.8, 4) is 0 Å². The third-order valence-corrected chi connectivity index (χ3v) is 2.83. The van der Waals surface area contributed by atoms with Crippen molar-refractivity contribution in [1.29, 1.82) is 0 Å². The lowest BCUT2D eigenvalue weighted by atomic mass is 9.94. The average Bonchev–Trinajstić information content (AvgIpc) is 2.16. The molecule has 0 saturated carbocycles. The predicted octanol–water partition coefficient (Wildman–Crippen LogP) is 1.93. The molecule has 3 heteroatoms. The summed E-state index contributed by atoms with van der Waals surface area (Å²) in [5, 5.41) is 0.476. The Labute approximate surface area is 89.7 Å². The summed E-state index contributed by atoms with van der Waals surface area (Å²) in [6.45, 7) is 3.16. The zero-order chi connectivity index (χ0) is 10.1. The molecule has 1 aliphatic rings. The normalized spacial score (nSPS) is 20.4. The summed E-state index contributed by atoms with van der Waals surface area (Å²) in [5.41, 5.74) is 8.23. The summed E-state index contributed by atoms with van der Waals surface area (Å²) in [4.78, 5) is 2.03. The van der Waals surface area contributed by atoms with E-state index in [4.69, 9.17) is 18.0 Å². The highest BCUT2D eigenvalue weighted by molar-refractivity contribution is 7.80. The van der Waals surface area contributed by atoms with Gasteiger partial charge in [-0.1, -0.05) is 25.1 Å². The van der Waals surface area contributed by atoms with Crippen LogP contribution in [-0.4, -0.2) is 11.7 Å². The van der Waals surface area contributed by atoms with Crippen LogP contribution in [0, 0.1) is 5.92 Å². The van der Waals surface area contributed by atoms with Crippen molar-refractivity contribution in [2.24, 2.45) is 11.7 Å². The Hall–Kier alpha value is -1.09. The van der Waals surface area contributed by atoms with E-state index in [1.807, 2.05) is 11.0 Å². The van der Waals surface area contributed by atoms with Crippen LogP contribution in [0.15, 0.2) is 24.3 Å². The molecular weight excluding hydrogens is 192 g/mol. The molecule has 1 aromatic carbocycles. The van der Waals surface area contributed by atoms with Crippen LogP contribution in [0.25, 0.3) is 0 Å². The van der Waals surface area contributed by atoms with E-state index in [-0.39, 0.29) is 0 Å². The molecule has 2 N–H and O–H groups in total. The van der Waals surface area contributed by atoms with Crippen molar-refractivity contribution in [3.05, 3.63) is 29.8 Å². The maximum atomic E-state index is 5.70. The first-order chi connectivity index (χ1) is 6.68. The van der Waals surface area contributed by atoms with Gasteiger partial charge in [-0.3, -0.25) is 0 Å². The molecule has 0 bridgehead atoms. The SMILES string of the molecule is CC1Cc2ccccc2N(C(N)=S)C1. The van der Waals surface area contributed by atoms with Crippen molar-refractivity contribution < 1.29 is 0 Å². The maximum Gasteiger partial charge on any atom is 0.170 e. The number of benzene rings is 1. The van der Waals surface area contributed by atoms with Crippen LogP contribution >= 0.6 is 12.2 Å². The number of rotatable bonds is 0. The number of thiocarbonyl (C=S) groups is 1. The summed E-state index contributed by atoms with van der Waals surface area (Å²) in [7, 11) is 0. The molecule has 1 unspecified atom stereocenters. The number of para-hydroxylation sites is 1. The standard InChI is InChI=1S/C11H14N2S/c1-8-6-9-4-2-3-5-10(9)13(7-8)11(12)14/h2-5,8H,6-7H2,1H3,(H2,12,14). The van der Waals surface area contributed by atoms with E-state index in [1.165, 1.54) is 11.3 Å². The average molecular weight is 206 g/mol. The third kappa shape index (κ3) is 1.60. The highest BCUT2D eigenvalue weighted by atomic mass is 32.1. The molecule has 1 atom stereocenters. The molecule has 0 aromatic heterocycles. The summed E-state index contributed by atoms with van der Waals surface area (Å²) in [6.07, 6.45) is 1.12. The number of nitrogens with two attached hydrogens (primary N) is 1. The van der Waals surface area contributed by atoms with Crippen molar-refractivity contribution in [1.82, 2.24) is 0 Å². The van der Waals surface area contributed by atoms with E-state index in [0.717, 1.165) is 13.0 Å². The van der Waals surface area contributed by atoms with Gasteiger partial charge in [0.25, 0.3) is 0 Å². The van der Waals surface area contributed by atoms with Crippen LogP contribution in [0.2, 0.25) is 0 Å². The summed E-state index contributed by atoms with van der Waals surface area (Å²) in [6, 6.07) is 8.32. The van der Waals surface area contributed by atoms with E-state index in [9.17, 15) is 0 Å². The molecule has 14 heavy (non-hydrogen) atoms. The quantitative estimate of drug-likeness (QED) is 0.658. The van der Waals surface area contributed by atoms with Gasteiger partial charge >= 0.3 is 0 Å². The first-order valence-electron chi connectivity index (χ1n) is 4.83. The molecule has 2 rings (SSSR count). The Morgan fingerprint density at radius 2 is 2.21 bits per heavy atom. The molecule has 0 saturated heterocycles. The second-order valence-electron chi connectivity index (χ2n) is 3.89. The molecule has 0 radical (unpaired) electrons. The van der Waals surface area contributed by atoms with Gasteiger partial charge in [0.1, 0.15) is 0 Å². The number of hydrogen-bond acceptors (Lipinski definition) is 1. The van der Waals surface area contributed by atoms with Gasteiger partial charge in [0.05, 0.1) is 0 Å². The summed E-state index contributed by atoms with van der Waals surface area (Å²) in [5.74, 6) is 0.617. The molecule has 1 heterocycles. The first-order valence-corrected chi connectivity index (χ1v) is 5.24. The van der Waals surface area contributed by atoms with Crippen LogP contribution < -0.4 is 10.6 Å². The first kappa shape index (κ1) is 9.46.